The van der Waals surface area contributed by atoms with Crippen molar-refractivity contribution in [2.24, 2.45) is 0 Å². The number of rotatable bonds is 5. The van der Waals surface area contributed by atoms with Gasteiger partial charge in [0.15, 0.2) is 0 Å². The van der Waals surface area contributed by atoms with Crippen molar-refractivity contribution in [3.8, 4) is 5.75 Å². The number of hydrogen-bond acceptors (Lipinski definition) is 3. The first-order valence-corrected chi connectivity index (χ1v) is 4.25. The van der Waals surface area contributed by atoms with Gasteiger partial charge in [-0.1, -0.05) is 12.1 Å². The smallest absolute Gasteiger partial charge is 0.133 e. The highest BCUT2D eigenvalue weighted by molar-refractivity contribution is 5.51. The van der Waals surface area contributed by atoms with E-state index in [-0.39, 0.29) is 5.75 Å². The van der Waals surface area contributed by atoms with Crippen LogP contribution in [-0.2, 0) is 11.2 Å². The van der Waals surface area contributed by atoms with E-state index in [2.05, 4.69) is 5.32 Å². The molecule has 3 nitrogen and oxygen atoms in total. The van der Waals surface area contributed by atoms with E-state index in [0.717, 1.165) is 24.8 Å². The van der Waals surface area contributed by atoms with Gasteiger partial charge in [-0.3, -0.25) is 0 Å². The van der Waals surface area contributed by atoms with Gasteiger partial charge < -0.3 is 15.2 Å². The summed E-state index contributed by atoms with van der Waals surface area (Å²) in [5.41, 5.74) is 1.15. The third kappa shape index (κ3) is 3.71. The molecule has 0 unspecified atom stereocenters. The normalized spacial score (nSPS) is 9.85. The molecule has 0 heterocycles. The Morgan fingerprint density at radius 2 is 2.00 bits per heavy atom. The minimum Gasteiger partial charge on any atom is -0.508 e. The molecule has 0 fully saturated rings. The minimum atomic E-state index is 0.282. The molecule has 0 atom stereocenters. The molecule has 1 aromatic rings. The lowest BCUT2D eigenvalue weighted by molar-refractivity contribution is -0.107. The molecule has 0 aromatic heterocycles. The van der Waals surface area contributed by atoms with Crippen LogP contribution in [0, 0.1) is 0 Å². The molecule has 0 radical (unpaired) electrons. The van der Waals surface area contributed by atoms with E-state index < -0.39 is 0 Å². The summed E-state index contributed by atoms with van der Waals surface area (Å²) in [6.07, 6.45) is 1.71. The number of aldehydes is 1. The summed E-state index contributed by atoms with van der Waals surface area (Å²) >= 11 is 0. The highest BCUT2D eigenvalue weighted by Gasteiger charge is 1.92. The molecular weight excluding hydrogens is 166 g/mol. The number of benzene rings is 1. The summed E-state index contributed by atoms with van der Waals surface area (Å²) in [6.45, 7) is 1.18. The summed E-state index contributed by atoms with van der Waals surface area (Å²) in [7, 11) is 0. The molecule has 2 N–H and O–H groups in total. The Balaban J connectivity index is 2.28. The molecule has 0 aliphatic rings. The third-order valence-corrected chi connectivity index (χ3v) is 1.75. The maximum Gasteiger partial charge on any atom is 0.133 e. The summed E-state index contributed by atoms with van der Waals surface area (Å²) in [5, 5.41) is 12.0. The lowest BCUT2D eigenvalue weighted by atomic mass is 10.1. The van der Waals surface area contributed by atoms with Gasteiger partial charge in [0.2, 0.25) is 0 Å². The van der Waals surface area contributed by atoms with Crippen LogP contribution in [0.4, 0.5) is 0 Å². The van der Waals surface area contributed by atoms with E-state index in [1.165, 1.54) is 0 Å². The third-order valence-electron chi connectivity index (χ3n) is 1.75. The van der Waals surface area contributed by atoms with Crippen LogP contribution in [0.25, 0.3) is 0 Å². The topological polar surface area (TPSA) is 49.3 Å². The lowest BCUT2D eigenvalue weighted by Gasteiger charge is -2.01. The van der Waals surface area contributed by atoms with Crippen molar-refractivity contribution in [1.29, 1.82) is 0 Å². The molecule has 0 amide bonds. The van der Waals surface area contributed by atoms with Gasteiger partial charge in [-0.2, -0.15) is 0 Å². The molecule has 3 heteroatoms. The monoisotopic (exact) mass is 179 g/mol. The highest BCUT2D eigenvalue weighted by atomic mass is 16.3. The number of phenolic OH excluding ortho intramolecular Hbond substituents is 1. The standard InChI is InChI=1S/C10H13NO2/c12-8-7-11-6-5-9-1-3-10(13)4-2-9/h1-4,8,11,13H,5-7H2. The fourth-order valence-corrected chi connectivity index (χ4v) is 1.06. The van der Waals surface area contributed by atoms with Crippen LogP contribution in [0.2, 0.25) is 0 Å². The van der Waals surface area contributed by atoms with E-state index in [0.29, 0.717) is 6.54 Å². The first kappa shape index (κ1) is 9.74. The average molecular weight is 179 g/mol. The molecule has 0 aliphatic heterocycles. The zero-order valence-electron chi connectivity index (χ0n) is 7.36. The van der Waals surface area contributed by atoms with E-state index in [4.69, 9.17) is 5.11 Å². The Morgan fingerprint density at radius 3 is 2.62 bits per heavy atom. The summed E-state index contributed by atoms with van der Waals surface area (Å²) in [4.78, 5) is 9.97. The number of phenols is 1. The molecule has 1 rings (SSSR count). The average Bonchev–Trinajstić information content (AvgIpc) is 2.15. The van der Waals surface area contributed by atoms with Crippen LogP contribution in [0.1, 0.15) is 5.56 Å². The van der Waals surface area contributed by atoms with Crippen molar-refractivity contribution < 1.29 is 9.90 Å². The minimum absolute atomic E-state index is 0.282. The van der Waals surface area contributed by atoms with Crippen LogP contribution in [0.3, 0.4) is 0 Å². The van der Waals surface area contributed by atoms with Crippen LogP contribution in [0.15, 0.2) is 24.3 Å². The van der Waals surface area contributed by atoms with Gasteiger partial charge in [0.25, 0.3) is 0 Å². The summed E-state index contributed by atoms with van der Waals surface area (Å²) in [6, 6.07) is 7.07. The van der Waals surface area contributed by atoms with E-state index in [1.807, 2.05) is 12.1 Å². The van der Waals surface area contributed by atoms with Crippen molar-refractivity contribution in [3.05, 3.63) is 29.8 Å². The fraction of sp³-hybridized carbons (Fsp3) is 0.300. The Bertz CT molecular complexity index is 256. The van der Waals surface area contributed by atoms with Crippen LogP contribution >= 0.6 is 0 Å². The second-order valence-electron chi connectivity index (χ2n) is 2.79. The van der Waals surface area contributed by atoms with Gasteiger partial charge in [-0.25, -0.2) is 0 Å². The molecular formula is C10H13NO2. The van der Waals surface area contributed by atoms with E-state index in [1.54, 1.807) is 12.1 Å². The zero-order valence-corrected chi connectivity index (χ0v) is 7.36. The maximum atomic E-state index is 9.97. The van der Waals surface area contributed by atoms with Gasteiger partial charge in [0, 0.05) is 0 Å². The van der Waals surface area contributed by atoms with Crippen LogP contribution < -0.4 is 5.32 Å². The van der Waals surface area contributed by atoms with E-state index >= 15 is 0 Å². The second kappa shape index (κ2) is 5.32. The van der Waals surface area contributed by atoms with Crippen molar-refractivity contribution in [2.45, 2.75) is 6.42 Å². The molecule has 0 spiro atoms. The summed E-state index contributed by atoms with van der Waals surface area (Å²) in [5.74, 6) is 0.282. The Labute approximate surface area is 77.4 Å². The SMILES string of the molecule is O=CCNCCc1ccc(O)cc1. The molecule has 1 aromatic carbocycles. The second-order valence-corrected chi connectivity index (χ2v) is 2.79. The molecule has 13 heavy (non-hydrogen) atoms. The number of carbonyl (C=O) groups excluding carboxylic acids is 1. The van der Waals surface area contributed by atoms with E-state index in [9.17, 15) is 4.79 Å². The number of hydrogen-bond donors (Lipinski definition) is 2. The Morgan fingerprint density at radius 1 is 1.31 bits per heavy atom. The van der Waals surface area contributed by atoms with Crippen LogP contribution in [-0.4, -0.2) is 24.5 Å². The van der Waals surface area contributed by atoms with Crippen molar-refractivity contribution >= 4 is 6.29 Å². The summed E-state index contributed by atoms with van der Waals surface area (Å²) < 4.78 is 0. The quantitative estimate of drug-likeness (QED) is 0.517. The van der Waals surface area contributed by atoms with Crippen LogP contribution in [0.5, 0.6) is 5.75 Å². The molecule has 0 saturated carbocycles. The van der Waals surface area contributed by atoms with Gasteiger partial charge in [-0.15, -0.1) is 0 Å². The molecule has 0 saturated heterocycles. The zero-order chi connectivity index (χ0) is 9.52. The lowest BCUT2D eigenvalue weighted by Crippen LogP contribution is -2.19. The number of carbonyl (C=O) groups is 1. The molecule has 0 aliphatic carbocycles. The first-order chi connectivity index (χ1) is 6.33. The van der Waals surface area contributed by atoms with Gasteiger partial charge in [0.05, 0.1) is 6.54 Å². The highest BCUT2D eigenvalue weighted by Crippen LogP contribution is 2.09. The van der Waals surface area contributed by atoms with Crippen molar-refractivity contribution in [3.63, 3.8) is 0 Å². The number of aromatic hydroxyl groups is 1. The first-order valence-electron chi connectivity index (χ1n) is 4.25. The Kier molecular flexibility index (Phi) is 3.99. The predicted molar refractivity (Wildman–Crippen MR) is 50.7 cm³/mol. The maximum absolute atomic E-state index is 9.97. The number of nitrogens with one attached hydrogen (secondary N) is 1. The van der Waals surface area contributed by atoms with Gasteiger partial charge in [0.1, 0.15) is 12.0 Å². The largest absolute Gasteiger partial charge is 0.508 e. The van der Waals surface area contributed by atoms with Crippen molar-refractivity contribution in [1.82, 2.24) is 5.32 Å². The fourth-order valence-electron chi connectivity index (χ4n) is 1.06. The molecule has 0 bridgehead atoms. The Hall–Kier alpha value is -1.35. The van der Waals surface area contributed by atoms with Gasteiger partial charge in [-0.05, 0) is 30.7 Å². The van der Waals surface area contributed by atoms with Gasteiger partial charge >= 0.3 is 0 Å². The molecule has 70 valence electrons. The predicted octanol–water partition coefficient (Wildman–Crippen LogP) is 0.723. The van der Waals surface area contributed by atoms with Crippen molar-refractivity contribution in [2.75, 3.05) is 13.1 Å².